The van der Waals surface area contributed by atoms with Gasteiger partial charge in [0, 0.05) is 13.1 Å². The number of amides is 2. The summed E-state index contributed by atoms with van der Waals surface area (Å²) in [7, 11) is 1.61. The number of carbonyl (C=O) groups excluding carboxylic acids is 2. The Morgan fingerprint density at radius 3 is 2.30 bits per heavy atom. The molecular formula is C18H20N2O3. The molecule has 0 aliphatic rings. The van der Waals surface area contributed by atoms with Crippen LogP contribution in [0.3, 0.4) is 0 Å². The summed E-state index contributed by atoms with van der Waals surface area (Å²) in [4.78, 5) is 23.5. The second-order valence-electron chi connectivity index (χ2n) is 4.99. The number of ether oxygens (including phenoxy) is 1. The van der Waals surface area contributed by atoms with E-state index >= 15 is 0 Å². The zero-order chi connectivity index (χ0) is 16.5. The molecule has 0 unspecified atom stereocenters. The lowest BCUT2D eigenvalue weighted by Gasteiger charge is -2.09. The van der Waals surface area contributed by atoms with Crippen LogP contribution in [0, 0.1) is 0 Å². The largest absolute Gasteiger partial charge is 0.496 e. The molecule has 5 nitrogen and oxygen atoms in total. The molecule has 5 heteroatoms. The molecular weight excluding hydrogens is 292 g/mol. The Hall–Kier alpha value is -2.82. The predicted octanol–water partition coefficient (Wildman–Crippen LogP) is 1.67. The van der Waals surface area contributed by atoms with Crippen LogP contribution in [-0.4, -0.2) is 25.5 Å². The average molecular weight is 312 g/mol. The van der Waals surface area contributed by atoms with E-state index in [9.17, 15) is 9.59 Å². The van der Waals surface area contributed by atoms with Gasteiger partial charge in [-0.15, -0.1) is 0 Å². The van der Waals surface area contributed by atoms with Crippen molar-refractivity contribution in [2.45, 2.75) is 13.0 Å². The molecule has 0 atom stereocenters. The topological polar surface area (TPSA) is 67.4 Å². The van der Waals surface area contributed by atoms with E-state index in [1.807, 2.05) is 54.6 Å². The van der Waals surface area contributed by atoms with Crippen LogP contribution >= 0.6 is 0 Å². The van der Waals surface area contributed by atoms with Crippen molar-refractivity contribution in [1.29, 1.82) is 0 Å². The minimum atomic E-state index is -0.631. The number of nitrogens with one attached hydrogen (secondary N) is 2. The molecule has 0 saturated carbocycles. The number of rotatable bonds is 6. The molecule has 2 aromatic rings. The van der Waals surface area contributed by atoms with Crippen LogP contribution in [0.25, 0.3) is 0 Å². The van der Waals surface area contributed by atoms with Gasteiger partial charge in [0.25, 0.3) is 0 Å². The van der Waals surface area contributed by atoms with Crippen molar-refractivity contribution in [2.24, 2.45) is 0 Å². The zero-order valence-corrected chi connectivity index (χ0v) is 13.0. The van der Waals surface area contributed by atoms with Crippen molar-refractivity contribution in [3.8, 4) is 5.75 Å². The Labute approximate surface area is 135 Å². The van der Waals surface area contributed by atoms with Crippen LogP contribution in [0.15, 0.2) is 54.6 Å². The van der Waals surface area contributed by atoms with Crippen LogP contribution in [0.4, 0.5) is 0 Å². The minimum absolute atomic E-state index is 0.333. The predicted molar refractivity (Wildman–Crippen MR) is 88.0 cm³/mol. The number of benzene rings is 2. The van der Waals surface area contributed by atoms with E-state index in [-0.39, 0.29) is 0 Å². The van der Waals surface area contributed by atoms with Gasteiger partial charge in [-0.2, -0.15) is 0 Å². The summed E-state index contributed by atoms with van der Waals surface area (Å²) >= 11 is 0. The molecule has 0 radical (unpaired) electrons. The smallest absolute Gasteiger partial charge is 0.309 e. The third-order valence-corrected chi connectivity index (χ3v) is 3.37. The van der Waals surface area contributed by atoms with Gasteiger partial charge in [-0.25, -0.2) is 0 Å². The van der Waals surface area contributed by atoms with Crippen LogP contribution < -0.4 is 15.4 Å². The Morgan fingerprint density at radius 2 is 1.57 bits per heavy atom. The molecule has 2 aromatic carbocycles. The van der Waals surface area contributed by atoms with Crippen molar-refractivity contribution in [1.82, 2.24) is 10.6 Å². The van der Waals surface area contributed by atoms with Crippen LogP contribution in [0.1, 0.15) is 11.1 Å². The van der Waals surface area contributed by atoms with Crippen LogP contribution in [0.2, 0.25) is 0 Å². The third kappa shape index (κ3) is 5.14. The van der Waals surface area contributed by atoms with Crippen LogP contribution in [-0.2, 0) is 22.6 Å². The highest BCUT2D eigenvalue weighted by Crippen LogP contribution is 2.17. The van der Waals surface area contributed by atoms with Gasteiger partial charge in [0.1, 0.15) is 5.75 Å². The van der Waals surface area contributed by atoms with Crippen molar-refractivity contribution in [2.75, 3.05) is 13.7 Å². The maximum absolute atomic E-state index is 11.8. The Bertz CT molecular complexity index is 656. The van der Waals surface area contributed by atoms with Gasteiger partial charge in [-0.05, 0) is 23.6 Å². The Balaban J connectivity index is 1.75. The monoisotopic (exact) mass is 312 g/mol. The van der Waals surface area contributed by atoms with Gasteiger partial charge >= 0.3 is 11.8 Å². The lowest BCUT2D eigenvalue weighted by Crippen LogP contribution is -2.40. The van der Waals surface area contributed by atoms with Gasteiger partial charge in [0.2, 0.25) is 0 Å². The Kier molecular flexibility index (Phi) is 6.17. The summed E-state index contributed by atoms with van der Waals surface area (Å²) in [5.74, 6) is -0.486. The lowest BCUT2D eigenvalue weighted by atomic mass is 10.1. The van der Waals surface area contributed by atoms with E-state index in [2.05, 4.69) is 10.6 Å². The number of hydrogen-bond acceptors (Lipinski definition) is 3. The summed E-state index contributed by atoms with van der Waals surface area (Å²) in [5, 5.41) is 5.21. The molecule has 0 fully saturated rings. The van der Waals surface area contributed by atoms with E-state index in [1.54, 1.807) is 7.11 Å². The summed E-state index contributed by atoms with van der Waals surface area (Å²) in [6.45, 7) is 0.706. The molecule has 0 aromatic heterocycles. The number of carbonyl (C=O) groups is 2. The van der Waals surface area contributed by atoms with Gasteiger partial charge in [-0.3, -0.25) is 9.59 Å². The van der Waals surface area contributed by atoms with E-state index in [1.165, 1.54) is 0 Å². The highest BCUT2D eigenvalue weighted by molar-refractivity contribution is 6.35. The van der Waals surface area contributed by atoms with Gasteiger partial charge in [-0.1, -0.05) is 48.5 Å². The second kappa shape index (κ2) is 8.58. The fourth-order valence-corrected chi connectivity index (χ4v) is 2.16. The maximum Gasteiger partial charge on any atom is 0.309 e. The van der Waals surface area contributed by atoms with E-state index in [4.69, 9.17) is 4.74 Å². The molecule has 0 heterocycles. The zero-order valence-electron chi connectivity index (χ0n) is 13.0. The summed E-state index contributed by atoms with van der Waals surface area (Å²) in [6.07, 6.45) is 0.599. The van der Waals surface area contributed by atoms with Crippen molar-refractivity contribution in [3.05, 3.63) is 65.7 Å². The number of hydrogen-bond donors (Lipinski definition) is 2. The second-order valence-corrected chi connectivity index (χ2v) is 4.99. The van der Waals surface area contributed by atoms with Crippen LogP contribution in [0.5, 0.6) is 5.75 Å². The molecule has 2 rings (SSSR count). The summed E-state index contributed by atoms with van der Waals surface area (Å²) in [6, 6.07) is 17.0. The number of para-hydroxylation sites is 1. The van der Waals surface area contributed by atoms with Gasteiger partial charge in [0.15, 0.2) is 0 Å². The highest BCUT2D eigenvalue weighted by atomic mass is 16.5. The van der Waals surface area contributed by atoms with E-state index in [0.717, 1.165) is 16.9 Å². The van der Waals surface area contributed by atoms with Crippen molar-refractivity contribution in [3.63, 3.8) is 0 Å². The quantitative estimate of drug-likeness (QED) is 0.797. The van der Waals surface area contributed by atoms with E-state index < -0.39 is 11.8 Å². The van der Waals surface area contributed by atoms with Gasteiger partial charge in [0.05, 0.1) is 7.11 Å². The molecule has 120 valence electrons. The first-order valence-electron chi connectivity index (χ1n) is 7.42. The first-order chi connectivity index (χ1) is 11.2. The first-order valence-corrected chi connectivity index (χ1v) is 7.42. The minimum Gasteiger partial charge on any atom is -0.496 e. The normalized spacial score (nSPS) is 9.96. The van der Waals surface area contributed by atoms with Gasteiger partial charge < -0.3 is 15.4 Å². The fraction of sp³-hybridized carbons (Fsp3) is 0.222. The number of methoxy groups -OCH3 is 1. The van der Waals surface area contributed by atoms with E-state index in [0.29, 0.717) is 19.5 Å². The van der Waals surface area contributed by atoms with Crippen molar-refractivity contribution < 1.29 is 14.3 Å². The average Bonchev–Trinajstić information content (AvgIpc) is 2.60. The third-order valence-electron chi connectivity index (χ3n) is 3.37. The molecule has 2 amide bonds. The summed E-state index contributed by atoms with van der Waals surface area (Å²) < 4.78 is 5.25. The summed E-state index contributed by atoms with van der Waals surface area (Å²) in [5.41, 5.74) is 1.93. The molecule has 0 spiro atoms. The molecule has 2 N–H and O–H groups in total. The van der Waals surface area contributed by atoms with Crippen molar-refractivity contribution >= 4 is 11.8 Å². The first kappa shape index (κ1) is 16.5. The SMILES string of the molecule is COc1ccccc1CCNC(=O)C(=O)NCc1ccccc1. The molecule has 23 heavy (non-hydrogen) atoms. The maximum atomic E-state index is 11.8. The Morgan fingerprint density at radius 1 is 0.913 bits per heavy atom. The molecule has 0 aliphatic heterocycles. The fourth-order valence-electron chi connectivity index (χ4n) is 2.16. The standard InChI is InChI=1S/C18H20N2O3/c1-23-16-10-6-5-9-15(16)11-12-19-17(21)18(22)20-13-14-7-3-2-4-8-14/h2-10H,11-13H2,1H3,(H,19,21)(H,20,22). The molecule has 0 saturated heterocycles. The molecule has 0 aliphatic carbocycles. The highest BCUT2D eigenvalue weighted by Gasteiger charge is 2.12. The lowest BCUT2D eigenvalue weighted by molar-refractivity contribution is -0.139. The molecule has 0 bridgehead atoms.